The molecule has 1 amide bonds. The second-order valence-corrected chi connectivity index (χ2v) is 5.25. The van der Waals surface area contributed by atoms with Crippen LogP contribution in [-0.2, 0) is 11.3 Å². The topological polar surface area (TPSA) is 59.0 Å². The second kappa shape index (κ2) is 6.00. The Morgan fingerprint density at radius 2 is 2.44 bits per heavy atom. The summed E-state index contributed by atoms with van der Waals surface area (Å²) in [5.74, 6) is 0.190. The van der Waals surface area contributed by atoms with Crippen LogP contribution in [0.3, 0.4) is 0 Å². The van der Waals surface area contributed by atoms with Gasteiger partial charge in [-0.1, -0.05) is 0 Å². The van der Waals surface area contributed by atoms with Crippen molar-refractivity contribution in [2.24, 2.45) is 5.41 Å². The van der Waals surface area contributed by atoms with Gasteiger partial charge in [0.05, 0.1) is 11.7 Å². The van der Waals surface area contributed by atoms with Crippen LogP contribution in [0.4, 0.5) is 0 Å². The number of amides is 1. The minimum Gasteiger partial charge on any atom is -0.356 e. The third-order valence-electron chi connectivity index (χ3n) is 3.60. The molecule has 1 unspecified atom stereocenters. The normalized spacial score (nSPS) is 23.2. The molecule has 2 N–H and O–H groups in total. The molecule has 1 fully saturated rings. The van der Waals surface area contributed by atoms with Crippen molar-refractivity contribution < 1.29 is 4.79 Å². The lowest BCUT2D eigenvalue weighted by Crippen LogP contribution is -2.40. The molecule has 1 saturated heterocycles. The van der Waals surface area contributed by atoms with Crippen LogP contribution in [0.15, 0.2) is 18.7 Å². The van der Waals surface area contributed by atoms with Crippen molar-refractivity contribution in [2.75, 3.05) is 19.6 Å². The molecule has 0 aliphatic carbocycles. The van der Waals surface area contributed by atoms with Gasteiger partial charge in [-0.25, -0.2) is 4.98 Å². The van der Waals surface area contributed by atoms with E-state index in [0.29, 0.717) is 0 Å². The van der Waals surface area contributed by atoms with Crippen molar-refractivity contribution in [3.05, 3.63) is 18.7 Å². The highest BCUT2D eigenvalue weighted by Gasteiger charge is 2.35. The zero-order valence-corrected chi connectivity index (χ0v) is 11.0. The highest BCUT2D eigenvalue weighted by molar-refractivity contribution is 5.82. The molecule has 5 heteroatoms. The molecule has 1 aromatic heterocycles. The Balaban J connectivity index is 1.59. The number of nitrogens with one attached hydrogen (secondary N) is 2. The van der Waals surface area contributed by atoms with Crippen LogP contribution in [0.2, 0.25) is 0 Å². The Kier molecular flexibility index (Phi) is 4.36. The van der Waals surface area contributed by atoms with E-state index in [0.717, 1.165) is 45.4 Å². The van der Waals surface area contributed by atoms with Gasteiger partial charge in [0.25, 0.3) is 0 Å². The number of aryl methyl sites for hydroxylation is 1. The Labute approximate surface area is 108 Å². The first-order valence-electron chi connectivity index (χ1n) is 6.65. The number of aromatic nitrogens is 2. The summed E-state index contributed by atoms with van der Waals surface area (Å²) in [4.78, 5) is 16.0. The van der Waals surface area contributed by atoms with Crippen LogP contribution in [0, 0.1) is 5.41 Å². The average molecular weight is 250 g/mol. The monoisotopic (exact) mass is 250 g/mol. The predicted molar refractivity (Wildman–Crippen MR) is 70.1 cm³/mol. The van der Waals surface area contributed by atoms with Crippen LogP contribution in [0.5, 0.6) is 0 Å². The lowest BCUT2D eigenvalue weighted by molar-refractivity contribution is -0.129. The van der Waals surface area contributed by atoms with Crippen LogP contribution < -0.4 is 10.6 Å². The number of imidazole rings is 1. The van der Waals surface area contributed by atoms with Gasteiger partial charge in [0.1, 0.15) is 0 Å². The van der Waals surface area contributed by atoms with Crippen molar-refractivity contribution in [1.82, 2.24) is 20.2 Å². The summed E-state index contributed by atoms with van der Waals surface area (Å²) in [5, 5.41) is 6.28. The second-order valence-electron chi connectivity index (χ2n) is 5.25. The van der Waals surface area contributed by atoms with E-state index in [1.165, 1.54) is 0 Å². The number of nitrogens with zero attached hydrogens (tertiary/aromatic N) is 2. The van der Waals surface area contributed by atoms with E-state index in [1.807, 2.05) is 19.4 Å². The first kappa shape index (κ1) is 13.1. The lowest BCUT2D eigenvalue weighted by atomic mass is 9.89. The number of carbonyl (C=O) groups is 1. The predicted octanol–water partition coefficient (Wildman–Crippen LogP) is 0.779. The Bertz CT molecular complexity index is 368. The van der Waals surface area contributed by atoms with Crippen molar-refractivity contribution in [3.8, 4) is 0 Å². The van der Waals surface area contributed by atoms with Crippen molar-refractivity contribution in [3.63, 3.8) is 0 Å². The maximum atomic E-state index is 12.0. The summed E-state index contributed by atoms with van der Waals surface area (Å²) in [6, 6.07) is 0. The lowest BCUT2D eigenvalue weighted by Gasteiger charge is -2.21. The highest BCUT2D eigenvalue weighted by Crippen LogP contribution is 2.24. The molecular formula is C13H22N4O. The quantitative estimate of drug-likeness (QED) is 0.734. The van der Waals surface area contributed by atoms with Gasteiger partial charge in [0.2, 0.25) is 5.91 Å². The highest BCUT2D eigenvalue weighted by atomic mass is 16.2. The van der Waals surface area contributed by atoms with E-state index < -0.39 is 0 Å². The van der Waals surface area contributed by atoms with Crippen LogP contribution in [0.25, 0.3) is 0 Å². The number of hydrogen-bond donors (Lipinski definition) is 2. The fourth-order valence-corrected chi connectivity index (χ4v) is 2.26. The fourth-order valence-electron chi connectivity index (χ4n) is 2.26. The van der Waals surface area contributed by atoms with Crippen molar-refractivity contribution in [2.45, 2.75) is 32.7 Å². The molecule has 100 valence electrons. The van der Waals surface area contributed by atoms with Crippen molar-refractivity contribution >= 4 is 5.91 Å². The first-order valence-corrected chi connectivity index (χ1v) is 6.65. The average Bonchev–Trinajstić information content (AvgIpc) is 3.00. The summed E-state index contributed by atoms with van der Waals surface area (Å²) in [6.07, 6.45) is 8.58. The molecule has 5 nitrogen and oxygen atoms in total. The van der Waals surface area contributed by atoms with Crippen LogP contribution >= 0.6 is 0 Å². The molecule has 1 aliphatic rings. The summed E-state index contributed by atoms with van der Waals surface area (Å²) in [6.45, 7) is 5.52. The van der Waals surface area contributed by atoms with E-state index in [1.54, 1.807) is 6.20 Å². The minimum absolute atomic E-state index is 0.190. The van der Waals surface area contributed by atoms with Crippen LogP contribution in [0.1, 0.15) is 26.2 Å². The summed E-state index contributed by atoms with van der Waals surface area (Å²) in [7, 11) is 0. The number of unbranched alkanes of at least 4 members (excludes halogenated alkanes) is 1. The van der Waals surface area contributed by atoms with Gasteiger partial charge in [0.15, 0.2) is 0 Å². The zero-order valence-electron chi connectivity index (χ0n) is 11.0. The summed E-state index contributed by atoms with van der Waals surface area (Å²) in [5.41, 5.74) is -0.204. The molecule has 0 aromatic carbocycles. The molecule has 1 aliphatic heterocycles. The van der Waals surface area contributed by atoms with E-state index >= 15 is 0 Å². The molecule has 1 aromatic rings. The third-order valence-corrected chi connectivity index (χ3v) is 3.60. The number of carbonyl (C=O) groups excluding carboxylic acids is 1. The Morgan fingerprint density at radius 3 is 3.11 bits per heavy atom. The molecule has 2 rings (SSSR count). The number of rotatable bonds is 6. The van der Waals surface area contributed by atoms with Gasteiger partial charge in [-0.05, 0) is 32.7 Å². The SMILES string of the molecule is CC1(C(=O)NCCCCn2ccnc2)CCNC1. The van der Waals surface area contributed by atoms with E-state index in [-0.39, 0.29) is 11.3 Å². The van der Waals surface area contributed by atoms with Crippen molar-refractivity contribution in [1.29, 1.82) is 0 Å². The molecular weight excluding hydrogens is 228 g/mol. The smallest absolute Gasteiger partial charge is 0.227 e. The Morgan fingerprint density at radius 1 is 1.56 bits per heavy atom. The van der Waals surface area contributed by atoms with Gasteiger partial charge in [-0.15, -0.1) is 0 Å². The fraction of sp³-hybridized carbons (Fsp3) is 0.692. The standard InChI is InChI=1S/C13H22N4O/c1-13(4-6-14-10-13)12(18)16-5-2-3-8-17-9-7-15-11-17/h7,9,11,14H,2-6,8,10H2,1H3,(H,16,18). The minimum atomic E-state index is -0.204. The maximum absolute atomic E-state index is 12.0. The van der Waals surface area contributed by atoms with Gasteiger partial charge >= 0.3 is 0 Å². The molecule has 0 saturated carbocycles. The molecule has 18 heavy (non-hydrogen) atoms. The summed E-state index contributed by atoms with van der Waals surface area (Å²) >= 11 is 0. The molecule has 0 bridgehead atoms. The van der Waals surface area contributed by atoms with Gasteiger partial charge in [-0.2, -0.15) is 0 Å². The number of hydrogen-bond acceptors (Lipinski definition) is 3. The summed E-state index contributed by atoms with van der Waals surface area (Å²) < 4.78 is 2.06. The molecule has 0 radical (unpaired) electrons. The van der Waals surface area contributed by atoms with Gasteiger partial charge in [-0.3, -0.25) is 4.79 Å². The van der Waals surface area contributed by atoms with Crippen LogP contribution in [-0.4, -0.2) is 35.1 Å². The maximum Gasteiger partial charge on any atom is 0.227 e. The zero-order chi connectivity index (χ0) is 12.8. The van der Waals surface area contributed by atoms with Gasteiger partial charge in [0, 0.05) is 32.0 Å². The Hall–Kier alpha value is -1.36. The van der Waals surface area contributed by atoms with E-state index in [4.69, 9.17) is 0 Å². The van der Waals surface area contributed by atoms with E-state index in [2.05, 4.69) is 20.2 Å². The molecule has 1 atom stereocenters. The largest absolute Gasteiger partial charge is 0.356 e. The molecule has 0 spiro atoms. The van der Waals surface area contributed by atoms with E-state index in [9.17, 15) is 4.79 Å². The van der Waals surface area contributed by atoms with Gasteiger partial charge < -0.3 is 15.2 Å². The third kappa shape index (κ3) is 3.32. The first-order chi connectivity index (χ1) is 8.71. The molecule has 2 heterocycles.